The highest BCUT2D eigenvalue weighted by Gasteiger charge is 2.43. The lowest BCUT2D eigenvalue weighted by atomic mass is 9.83. The molecule has 0 fully saturated rings. The Hall–Kier alpha value is -2.90. The second kappa shape index (κ2) is 6.92. The summed E-state index contributed by atoms with van der Waals surface area (Å²) in [7, 11) is 0. The van der Waals surface area contributed by atoms with Crippen LogP contribution in [0.2, 0.25) is 0 Å². The van der Waals surface area contributed by atoms with Crippen molar-refractivity contribution in [3.8, 4) is 0 Å². The third-order valence-electron chi connectivity index (χ3n) is 4.38. The van der Waals surface area contributed by atoms with Crippen LogP contribution in [0.5, 0.6) is 0 Å². The monoisotopic (exact) mass is 335 g/mol. The van der Waals surface area contributed by atoms with Crippen LogP contribution in [0.4, 0.5) is 0 Å². The molecule has 3 aromatic rings. The van der Waals surface area contributed by atoms with Crippen molar-refractivity contribution in [2.24, 2.45) is 0 Å². The van der Waals surface area contributed by atoms with E-state index >= 15 is 0 Å². The van der Waals surface area contributed by atoms with E-state index in [1.165, 1.54) is 0 Å². The Kier molecular flexibility index (Phi) is 4.69. The minimum Gasteiger partial charge on any atom is -0.429 e. The number of nitrogens with one attached hydrogen (secondary N) is 1. The molecule has 4 rings (SSSR count). The molecule has 1 aliphatic carbocycles. The Morgan fingerprint density at radius 2 is 1.80 bits per heavy atom. The van der Waals surface area contributed by atoms with E-state index in [0.717, 1.165) is 21.8 Å². The zero-order chi connectivity index (χ0) is 17.9. The number of hydrogen-bond acceptors (Lipinski definition) is 4. The average Bonchev–Trinajstić information content (AvgIpc) is 3.01. The van der Waals surface area contributed by atoms with E-state index in [2.05, 4.69) is 4.98 Å². The Balaban J connectivity index is 0.000000569. The molecule has 0 amide bonds. The van der Waals surface area contributed by atoms with Crippen molar-refractivity contribution in [2.75, 3.05) is 0 Å². The minimum absolute atomic E-state index is 0. The molecule has 0 saturated heterocycles. The topological polar surface area (TPSA) is 99.4 Å². The highest BCUT2D eigenvalue weighted by atomic mass is 16.6. The molecular formula is C18H16BN2O4. The van der Waals surface area contributed by atoms with Crippen LogP contribution in [0.15, 0.2) is 66.8 Å². The smallest absolute Gasteiger partial charge is 0.429 e. The summed E-state index contributed by atoms with van der Waals surface area (Å²) in [5.74, 6) is 0. The summed E-state index contributed by atoms with van der Waals surface area (Å²) in [4.78, 5) is 15.0. The SMILES string of the molecule is O=[N+]([O-])C1(c2cccc3c2[nH]c2ccccc23)C=CC=CC1.O[B]O. The maximum absolute atomic E-state index is 11.8. The van der Waals surface area contributed by atoms with Crippen molar-refractivity contribution >= 4 is 29.5 Å². The van der Waals surface area contributed by atoms with Crippen molar-refractivity contribution < 1.29 is 15.0 Å². The first kappa shape index (κ1) is 16.9. The summed E-state index contributed by atoms with van der Waals surface area (Å²) in [5, 5.41) is 28.0. The molecule has 0 bridgehead atoms. The summed E-state index contributed by atoms with van der Waals surface area (Å²) in [6.45, 7) is 0. The summed E-state index contributed by atoms with van der Waals surface area (Å²) >= 11 is 0. The van der Waals surface area contributed by atoms with Gasteiger partial charge in [0.1, 0.15) is 0 Å². The number of H-pyrrole nitrogens is 1. The second-order valence-electron chi connectivity index (χ2n) is 5.69. The highest BCUT2D eigenvalue weighted by Crippen LogP contribution is 2.39. The van der Waals surface area contributed by atoms with E-state index in [-0.39, 0.29) is 12.6 Å². The van der Waals surface area contributed by atoms with Gasteiger partial charge >= 0.3 is 7.69 Å². The Bertz CT molecular complexity index is 980. The lowest BCUT2D eigenvalue weighted by Gasteiger charge is -2.23. The van der Waals surface area contributed by atoms with Crippen LogP contribution in [0.3, 0.4) is 0 Å². The van der Waals surface area contributed by atoms with E-state index in [0.29, 0.717) is 12.0 Å². The van der Waals surface area contributed by atoms with Gasteiger partial charge in [0.25, 0.3) is 5.54 Å². The number of aromatic nitrogens is 1. The van der Waals surface area contributed by atoms with Gasteiger partial charge in [-0.25, -0.2) is 0 Å². The van der Waals surface area contributed by atoms with Crippen molar-refractivity contribution in [2.45, 2.75) is 12.0 Å². The van der Waals surface area contributed by atoms with Crippen molar-refractivity contribution in [1.29, 1.82) is 0 Å². The van der Waals surface area contributed by atoms with Crippen LogP contribution in [-0.2, 0) is 5.54 Å². The number of nitro groups is 1. The minimum atomic E-state index is -1.20. The molecule has 1 radical (unpaired) electrons. The van der Waals surface area contributed by atoms with Gasteiger partial charge in [-0.1, -0.05) is 48.6 Å². The zero-order valence-corrected chi connectivity index (χ0v) is 13.3. The van der Waals surface area contributed by atoms with Gasteiger partial charge in [0.15, 0.2) is 0 Å². The summed E-state index contributed by atoms with van der Waals surface area (Å²) in [5.41, 5.74) is 1.36. The fourth-order valence-corrected chi connectivity index (χ4v) is 3.28. The quantitative estimate of drug-likeness (QED) is 0.381. The molecule has 1 aliphatic rings. The van der Waals surface area contributed by atoms with Gasteiger partial charge in [-0.2, -0.15) is 0 Å². The molecule has 1 unspecified atom stereocenters. The van der Waals surface area contributed by atoms with Crippen molar-refractivity contribution in [1.82, 2.24) is 4.98 Å². The van der Waals surface area contributed by atoms with Crippen LogP contribution in [0, 0.1) is 10.1 Å². The van der Waals surface area contributed by atoms with Gasteiger partial charge in [-0.3, -0.25) is 10.1 Å². The standard InChI is InChI=1S/C18H14N2O2.BH2O2/c21-20(22)18(11-4-1-5-12-18)15-9-6-8-14-13-7-2-3-10-16(13)19-17(14)15;2-1-3/h1-11,19H,12H2;2-3H. The van der Waals surface area contributed by atoms with Gasteiger partial charge in [0, 0.05) is 27.6 Å². The number of rotatable bonds is 2. The van der Waals surface area contributed by atoms with E-state index in [1.54, 1.807) is 12.2 Å². The highest BCUT2D eigenvalue weighted by molar-refractivity contribution is 6.13. The van der Waals surface area contributed by atoms with Gasteiger partial charge in [0.05, 0.1) is 11.1 Å². The van der Waals surface area contributed by atoms with Gasteiger partial charge in [0.2, 0.25) is 0 Å². The number of benzene rings is 2. The van der Waals surface area contributed by atoms with Crippen LogP contribution in [-0.4, -0.2) is 27.6 Å². The summed E-state index contributed by atoms with van der Waals surface area (Å²) < 4.78 is 0. The van der Waals surface area contributed by atoms with Gasteiger partial charge in [-0.05, 0) is 18.2 Å². The number of allylic oxidation sites excluding steroid dienone is 2. The fraction of sp³-hybridized carbons (Fsp3) is 0.111. The Morgan fingerprint density at radius 1 is 1.08 bits per heavy atom. The second-order valence-corrected chi connectivity index (χ2v) is 5.69. The van der Waals surface area contributed by atoms with Crippen LogP contribution in [0.25, 0.3) is 21.8 Å². The maximum Gasteiger partial charge on any atom is 0.482 e. The molecule has 1 aromatic heterocycles. The van der Waals surface area contributed by atoms with E-state index < -0.39 is 5.54 Å². The fourth-order valence-electron chi connectivity index (χ4n) is 3.28. The number of nitrogens with zero attached hydrogens (tertiary/aromatic N) is 1. The first-order chi connectivity index (χ1) is 12.1. The molecule has 0 spiro atoms. The average molecular weight is 335 g/mol. The summed E-state index contributed by atoms with van der Waals surface area (Å²) in [6.07, 6.45) is 7.52. The van der Waals surface area contributed by atoms with E-state index in [1.807, 2.05) is 54.6 Å². The molecule has 25 heavy (non-hydrogen) atoms. The number of aromatic amines is 1. The molecule has 3 N–H and O–H groups in total. The van der Waals surface area contributed by atoms with Crippen molar-refractivity contribution in [3.63, 3.8) is 0 Å². The van der Waals surface area contributed by atoms with Gasteiger partial charge in [-0.15, -0.1) is 0 Å². The molecule has 125 valence electrons. The van der Waals surface area contributed by atoms with Gasteiger partial charge < -0.3 is 15.0 Å². The third-order valence-corrected chi connectivity index (χ3v) is 4.38. The number of para-hydroxylation sites is 2. The van der Waals surface area contributed by atoms with Crippen LogP contribution < -0.4 is 0 Å². The number of fused-ring (bicyclic) bond motifs is 3. The molecule has 0 saturated carbocycles. The Labute approximate surface area is 144 Å². The number of hydrogen-bond donors (Lipinski definition) is 3. The summed E-state index contributed by atoms with van der Waals surface area (Å²) in [6, 6.07) is 13.7. The van der Waals surface area contributed by atoms with Crippen LogP contribution >= 0.6 is 0 Å². The normalized spacial score (nSPS) is 18.8. The largest absolute Gasteiger partial charge is 0.482 e. The lowest BCUT2D eigenvalue weighted by Crippen LogP contribution is -2.33. The van der Waals surface area contributed by atoms with E-state index in [9.17, 15) is 10.1 Å². The molecule has 1 heterocycles. The predicted octanol–water partition coefficient (Wildman–Crippen LogP) is 2.81. The molecule has 7 heteroatoms. The molecular weight excluding hydrogens is 319 g/mol. The third kappa shape index (κ3) is 2.84. The van der Waals surface area contributed by atoms with Crippen molar-refractivity contribution in [3.05, 3.63) is 82.4 Å². The molecule has 0 aliphatic heterocycles. The molecule has 1 atom stereocenters. The first-order valence-electron chi connectivity index (χ1n) is 7.73. The predicted molar refractivity (Wildman–Crippen MR) is 97.6 cm³/mol. The van der Waals surface area contributed by atoms with E-state index in [4.69, 9.17) is 10.0 Å². The first-order valence-corrected chi connectivity index (χ1v) is 7.73. The zero-order valence-electron chi connectivity index (χ0n) is 13.3. The van der Waals surface area contributed by atoms with Crippen LogP contribution in [0.1, 0.15) is 12.0 Å². The lowest BCUT2D eigenvalue weighted by molar-refractivity contribution is -0.563. The Morgan fingerprint density at radius 3 is 2.48 bits per heavy atom. The molecule has 2 aromatic carbocycles. The molecule has 6 nitrogen and oxygen atoms in total. The maximum atomic E-state index is 11.8.